The summed E-state index contributed by atoms with van der Waals surface area (Å²) in [5.74, 6) is 0. The zero-order valence-electron chi connectivity index (χ0n) is 12.2. The molecule has 1 atom stereocenters. The van der Waals surface area contributed by atoms with Crippen LogP contribution in [-0.4, -0.2) is 6.54 Å². The Labute approximate surface area is 138 Å². The maximum absolute atomic E-state index is 3.65. The Hall–Kier alpha value is -1.16. The number of thiophene rings is 1. The topological polar surface area (TPSA) is 12.0 Å². The van der Waals surface area contributed by atoms with E-state index in [1.54, 1.807) is 0 Å². The van der Waals surface area contributed by atoms with Crippen LogP contribution in [0.4, 0.5) is 0 Å². The van der Waals surface area contributed by atoms with E-state index in [9.17, 15) is 0 Å². The summed E-state index contributed by atoms with van der Waals surface area (Å²) in [6.07, 6.45) is 0. The molecule has 1 N–H and O–H groups in total. The third-order valence-electron chi connectivity index (χ3n) is 3.76. The first-order valence-electron chi connectivity index (χ1n) is 7.16. The second-order valence-corrected chi connectivity index (χ2v) is 6.95. The molecule has 0 aliphatic carbocycles. The smallest absolute Gasteiger partial charge is 0.0591 e. The number of aryl methyl sites for hydroxylation is 1. The molecule has 3 aromatic rings. The van der Waals surface area contributed by atoms with Crippen LogP contribution in [0.2, 0.25) is 0 Å². The SMILES string of the molecule is CCNC(c1ccc(C)c(Br)c1)c1csc2ccccc12. The summed E-state index contributed by atoms with van der Waals surface area (Å²) < 4.78 is 2.52. The number of hydrogen-bond acceptors (Lipinski definition) is 2. The number of rotatable bonds is 4. The van der Waals surface area contributed by atoms with Crippen molar-refractivity contribution in [2.24, 2.45) is 0 Å². The molecule has 0 saturated heterocycles. The van der Waals surface area contributed by atoms with Crippen LogP contribution >= 0.6 is 27.3 Å². The van der Waals surface area contributed by atoms with Gasteiger partial charge < -0.3 is 5.32 Å². The normalized spacial score (nSPS) is 12.7. The average Bonchev–Trinajstić information content (AvgIpc) is 2.92. The van der Waals surface area contributed by atoms with Crippen LogP contribution in [0.3, 0.4) is 0 Å². The molecule has 108 valence electrons. The van der Waals surface area contributed by atoms with Gasteiger partial charge in [0.15, 0.2) is 0 Å². The van der Waals surface area contributed by atoms with Crippen LogP contribution in [0.25, 0.3) is 10.1 Å². The molecule has 0 amide bonds. The minimum atomic E-state index is 0.239. The fourth-order valence-electron chi connectivity index (χ4n) is 2.62. The molecule has 2 aromatic carbocycles. The molecule has 3 rings (SSSR count). The van der Waals surface area contributed by atoms with Gasteiger partial charge in [-0.25, -0.2) is 0 Å². The highest BCUT2D eigenvalue weighted by atomic mass is 79.9. The van der Waals surface area contributed by atoms with Crippen molar-refractivity contribution >= 4 is 37.4 Å². The van der Waals surface area contributed by atoms with E-state index in [1.807, 2.05) is 11.3 Å². The summed E-state index contributed by atoms with van der Waals surface area (Å²) in [7, 11) is 0. The van der Waals surface area contributed by atoms with E-state index < -0.39 is 0 Å². The van der Waals surface area contributed by atoms with Gasteiger partial charge in [0.2, 0.25) is 0 Å². The fourth-order valence-corrected chi connectivity index (χ4v) is 4.01. The zero-order valence-corrected chi connectivity index (χ0v) is 14.6. The predicted octanol–water partition coefficient (Wildman–Crippen LogP) is 5.67. The van der Waals surface area contributed by atoms with Gasteiger partial charge in [0, 0.05) is 9.17 Å². The molecule has 1 heterocycles. The van der Waals surface area contributed by atoms with E-state index in [-0.39, 0.29) is 6.04 Å². The molecule has 0 saturated carbocycles. The van der Waals surface area contributed by atoms with Gasteiger partial charge in [-0.2, -0.15) is 0 Å². The Kier molecular flexibility index (Phi) is 4.43. The summed E-state index contributed by atoms with van der Waals surface area (Å²) in [6.45, 7) is 5.22. The second-order valence-electron chi connectivity index (χ2n) is 5.19. The Balaban J connectivity index is 2.11. The Morgan fingerprint density at radius 2 is 2.00 bits per heavy atom. The highest BCUT2D eigenvalue weighted by molar-refractivity contribution is 9.10. The molecular formula is C18H18BrNS. The molecule has 1 unspecified atom stereocenters. The van der Waals surface area contributed by atoms with E-state index in [0.717, 1.165) is 6.54 Å². The standard InChI is InChI=1S/C18H18BrNS/c1-3-20-18(13-9-8-12(2)16(19)10-13)15-11-21-17-7-5-4-6-14(15)17/h4-11,18,20H,3H2,1-2H3. The van der Waals surface area contributed by atoms with Crippen molar-refractivity contribution in [3.63, 3.8) is 0 Å². The number of hydrogen-bond donors (Lipinski definition) is 1. The van der Waals surface area contributed by atoms with Crippen molar-refractivity contribution in [1.29, 1.82) is 0 Å². The molecule has 0 aliphatic heterocycles. The Morgan fingerprint density at radius 1 is 1.19 bits per heavy atom. The van der Waals surface area contributed by atoms with Crippen LogP contribution in [0.5, 0.6) is 0 Å². The molecule has 0 spiro atoms. The first-order chi connectivity index (χ1) is 10.2. The molecule has 3 heteroatoms. The van der Waals surface area contributed by atoms with Crippen molar-refractivity contribution in [2.45, 2.75) is 19.9 Å². The number of halogens is 1. The van der Waals surface area contributed by atoms with Gasteiger partial charge in [0.05, 0.1) is 6.04 Å². The van der Waals surface area contributed by atoms with Crippen molar-refractivity contribution in [3.8, 4) is 0 Å². The number of nitrogens with one attached hydrogen (secondary N) is 1. The van der Waals surface area contributed by atoms with Crippen molar-refractivity contribution in [2.75, 3.05) is 6.54 Å². The fraction of sp³-hybridized carbons (Fsp3) is 0.222. The lowest BCUT2D eigenvalue weighted by Gasteiger charge is -2.19. The lowest BCUT2D eigenvalue weighted by atomic mass is 9.97. The highest BCUT2D eigenvalue weighted by Gasteiger charge is 2.17. The largest absolute Gasteiger partial charge is 0.306 e. The average molecular weight is 360 g/mol. The zero-order chi connectivity index (χ0) is 14.8. The Morgan fingerprint density at radius 3 is 2.76 bits per heavy atom. The first kappa shape index (κ1) is 14.8. The second kappa shape index (κ2) is 6.30. The van der Waals surface area contributed by atoms with Crippen LogP contribution in [0.1, 0.15) is 29.7 Å². The summed E-state index contributed by atoms with van der Waals surface area (Å²) in [6, 6.07) is 15.5. The lowest BCUT2D eigenvalue weighted by molar-refractivity contribution is 0.635. The minimum absolute atomic E-state index is 0.239. The minimum Gasteiger partial charge on any atom is -0.306 e. The molecule has 0 bridgehead atoms. The van der Waals surface area contributed by atoms with Gasteiger partial charge in [-0.05, 0) is 53.1 Å². The molecule has 0 fully saturated rings. The maximum atomic E-state index is 3.65. The van der Waals surface area contributed by atoms with Gasteiger partial charge in [0.25, 0.3) is 0 Å². The Bertz CT molecular complexity index is 763. The summed E-state index contributed by atoms with van der Waals surface area (Å²) in [5.41, 5.74) is 3.94. The molecular weight excluding hydrogens is 342 g/mol. The molecule has 0 aliphatic rings. The summed E-state index contributed by atoms with van der Waals surface area (Å²) in [4.78, 5) is 0. The van der Waals surface area contributed by atoms with Crippen LogP contribution in [0, 0.1) is 6.92 Å². The van der Waals surface area contributed by atoms with Gasteiger partial charge >= 0.3 is 0 Å². The lowest BCUT2D eigenvalue weighted by Crippen LogP contribution is -2.21. The van der Waals surface area contributed by atoms with E-state index in [0.29, 0.717) is 0 Å². The number of fused-ring (bicyclic) bond motifs is 1. The van der Waals surface area contributed by atoms with Crippen LogP contribution < -0.4 is 5.32 Å². The van der Waals surface area contributed by atoms with Crippen molar-refractivity contribution in [1.82, 2.24) is 5.32 Å². The first-order valence-corrected chi connectivity index (χ1v) is 8.83. The summed E-state index contributed by atoms with van der Waals surface area (Å²) >= 11 is 5.47. The van der Waals surface area contributed by atoms with Crippen molar-refractivity contribution < 1.29 is 0 Å². The molecule has 1 nitrogen and oxygen atoms in total. The van der Waals surface area contributed by atoms with Gasteiger partial charge in [0.1, 0.15) is 0 Å². The monoisotopic (exact) mass is 359 g/mol. The van der Waals surface area contributed by atoms with E-state index in [1.165, 1.54) is 31.2 Å². The third-order valence-corrected chi connectivity index (χ3v) is 5.60. The van der Waals surface area contributed by atoms with Crippen LogP contribution in [0.15, 0.2) is 52.3 Å². The highest BCUT2D eigenvalue weighted by Crippen LogP contribution is 2.34. The third kappa shape index (κ3) is 2.91. The maximum Gasteiger partial charge on any atom is 0.0591 e. The molecule has 21 heavy (non-hydrogen) atoms. The van der Waals surface area contributed by atoms with E-state index in [2.05, 4.69) is 82.9 Å². The number of benzene rings is 2. The molecule has 1 aromatic heterocycles. The van der Waals surface area contributed by atoms with E-state index >= 15 is 0 Å². The quantitative estimate of drug-likeness (QED) is 0.632. The van der Waals surface area contributed by atoms with E-state index in [4.69, 9.17) is 0 Å². The van der Waals surface area contributed by atoms with Crippen molar-refractivity contribution in [3.05, 3.63) is 69.0 Å². The van der Waals surface area contributed by atoms with Crippen LogP contribution in [-0.2, 0) is 0 Å². The van der Waals surface area contributed by atoms with Gasteiger partial charge in [-0.3, -0.25) is 0 Å². The van der Waals surface area contributed by atoms with Gasteiger partial charge in [-0.1, -0.05) is 53.2 Å². The predicted molar refractivity (Wildman–Crippen MR) is 96.2 cm³/mol. The molecule has 0 radical (unpaired) electrons. The summed E-state index contributed by atoms with van der Waals surface area (Å²) in [5, 5.41) is 7.26. The van der Waals surface area contributed by atoms with Gasteiger partial charge in [-0.15, -0.1) is 11.3 Å².